The van der Waals surface area contributed by atoms with Crippen molar-refractivity contribution < 1.29 is 14.6 Å². The van der Waals surface area contributed by atoms with Crippen molar-refractivity contribution in [1.82, 2.24) is 0 Å². The van der Waals surface area contributed by atoms with E-state index in [1.165, 1.54) is 0 Å². The molecule has 0 saturated heterocycles. The average Bonchev–Trinajstić information content (AvgIpc) is 1.97. The Kier molecular flexibility index (Phi) is 5.37. The number of aliphatic hydroxyl groups is 1. The molecule has 0 aromatic rings. The number of carbonyl (C=O) groups excluding carboxylic acids is 1. The summed E-state index contributed by atoms with van der Waals surface area (Å²) in [5.74, 6) is -0.381. The van der Waals surface area contributed by atoms with E-state index in [1.807, 2.05) is 0 Å². The fraction of sp³-hybridized carbons (Fsp3) is 0.556. The van der Waals surface area contributed by atoms with Crippen LogP contribution in [0.3, 0.4) is 0 Å². The van der Waals surface area contributed by atoms with Crippen molar-refractivity contribution in [2.75, 3.05) is 6.61 Å². The van der Waals surface area contributed by atoms with Crippen molar-refractivity contribution in [2.24, 2.45) is 0 Å². The summed E-state index contributed by atoms with van der Waals surface area (Å²) >= 11 is 0. The van der Waals surface area contributed by atoms with Crippen LogP contribution in [0.2, 0.25) is 0 Å². The predicted molar refractivity (Wildman–Crippen MR) is 46.4 cm³/mol. The van der Waals surface area contributed by atoms with Gasteiger partial charge in [-0.05, 0) is 26.7 Å². The van der Waals surface area contributed by atoms with Gasteiger partial charge in [0.15, 0.2) is 0 Å². The van der Waals surface area contributed by atoms with Gasteiger partial charge in [0, 0.05) is 5.57 Å². The highest BCUT2D eigenvalue weighted by Crippen LogP contribution is 1.97. The van der Waals surface area contributed by atoms with Crippen molar-refractivity contribution in [3.05, 3.63) is 18.6 Å². The molecule has 0 spiro atoms. The number of carbonyl (C=O) groups is 1. The summed E-state index contributed by atoms with van der Waals surface area (Å²) < 4.78 is 4.77. The monoisotopic (exact) mass is 171 g/mol. The van der Waals surface area contributed by atoms with Crippen LogP contribution in [-0.2, 0) is 9.53 Å². The van der Waals surface area contributed by atoms with Gasteiger partial charge < -0.3 is 9.84 Å². The van der Waals surface area contributed by atoms with Gasteiger partial charge in [-0.3, -0.25) is 0 Å². The molecule has 0 aromatic carbocycles. The summed E-state index contributed by atoms with van der Waals surface area (Å²) in [6.45, 7) is 6.99. The van der Waals surface area contributed by atoms with Crippen molar-refractivity contribution in [3.63, 3.8) is 0 Å². The van der Waals surface area contributed by atoms with Gasteiger partial charge in [-0.25, -0.2) is 4.79 Å². The maximum absolute atomic E-state index is 10.8. The largest absolute Gasteiger partial charge is 0.462 e. The van der Waals surface area contributed by atoms with E-state index in [2.05, 4.69) is 6.58 Å². The molecule has 1 N–H and O–H groups in total. The summed E-state index contributed by atoms with van der Waals surface area (Å²) in [6.07, 6.45) is 1.79. The number of hydrogen-bond donors (Lipinski definition) is 1. The van der Waals surface area contributed by atoms with Crippen molar-refractivity contribution in [3.8, 4) is 0 Å². The summed E-state index contributed by atoms with van der Waals surface area (Å²) in [5, 5.41) is 8.81. The lowest BCUT2D eigenvalue weighted by atomic mass is 10.2. The minimum absolute atomic E-state index is 0.302. The Balaban J connectivity index is 3.32. The first kappa shape index (κ1) is 11.2. The molecule has 0 aliphatic heterocycles. The van der Waals surface area contributed by atoms with E-state index in [4.69, 9.17) is 9.84 Å². The van der Waals surface area contributed by atoms with Gasteiger partial charge in [-0.15, -0.1) is 0 Å². The fourth-order valence-corrected chi connectivity index (χ4v) is 0.584. The van der Waals surface area contributed by atoms with Crippen LogP contribution in [0.5, 0.6) is 0 Å². The molecule has 1 unspecified atom stereocenters. The third kappa shape index (κ3) is 5.92. The second kappa shape index (κ2) is 5.77. The maximum Gasteiger partial charge on any atom is 0.333 e. The molecule has 0 aliphatic rings. The first-order valence-corrected chi connectivity index (χ1v) is 3.88. The van der Waals surface area contributed by atoms with Gasteiger partial charge in [0.2, 0.25) is 0 Å². The van der Waals surface area contributed by atoms with Gasteiger partial charge in [0.1, 0.15) is 0 Å². The van der Waals surface area contributed by atoms with Gasteiger partial charge >= 0.3 is 5.97 Å². The van der Waals surface area contributed by atoms with E-state index in [1.54, 1.807) is 20.3 Å². The van der Waals surface area contributed by atoms with Crippen LogP contribution in [0.4, 0.5) is 0 Å². The molecule has 3 heteroatoms. The smallest absolute Gasteiger partial charge is 0.333 e. The minimum Gasteiger partial charge on any atom is -0.462 e. The van der Waals surface area contributed by atoms with E-state index in [0.717, 1.165) is 0 Å². The predicted octanol–water partition coefficient (Wildman–Crippen LogP) is 1.08. The molecule has 0 heterocycles. The fourth-order valence-electron chi connectivity index (χ4n) is 0.584. The van der Waals surface area contributed by atoms with Crippen LogP contribution in [0.1, 0.15) is 20.3 Å². The second-order valence-electron chi connectivity index (χ2n) is 2.68. The van der Waals surface area contributed by atoms with Crippen molar-refractivity contribution in [1.29, 1.82) is 0 Å². The molecule has 0 bridgehead atoms. The lowest BCUT2D eigenvalue weighted by molar-refractivity contribution is -0.138. The molecular formula is C9H15O3. The zero-order valence-corrected chi connectivity index (χ0v) is 7.54. The molecule has 1 atom stereocenters. The number of ether oxygens (including phenoxy) is 1. The Morgan fingerprint density at radius 2 is 2.33 bits per heavy atom. The molecular weight excluding hydrogens is 156 g/mol. The molecule has 3 nitrogen and oxygen atoms in total. The van der Waals surface area contributed by atoms with E-state index in [9.17, 15) is 4.79 Å². The molecule has 12 heavy (non-hydrogen) atoms. The van der Waals surface area contributed by atoms with Crippen LogP contribution < -0.4 is 0 Å². The van der Waals surface area contributed by atoms with E-state index in [0.29, 0.717) is 18.6 Å². The van der Waals surface area contributed by atoms with Gasteiger partial charge in [0.05, 0.1) is 12.7 Å². The van der Waals surface area contributed by atoms with E-state index < -0.39 is 6.10 Å². The topological polar surface area (TPSA) is 46.5 Å². The summed E-state index contributed by atoms with van der Waals surface area (Å²) in [6, 6.07) is 0. The van der Waals surface area contributed by atoms with Crippen LogP contribution in [0.25, 0.3) is 0 Å². The lowest BCUT2D eigenvalue weighted by Crippen LogP contribution is -2.08. The Labute approximate surface area is 73.0 Å². The first-order valence-electron chi connectivity index (χ1n) is 3.88. The maximum atomic E-state index is 10.8. The lowest BCUT2D eigenvalue weighted by Gasteiger charge is -2.04. The first-order chi connectivity index (χ1) is 5.54. The third-order valence-corrected chi connectivity index (χ3v) is 1.21. The SMILES string of the molecule is C=C(C)C(=O)OCC[CH]C(C)O. The van der Waals surface area contributed by atoms with Crippen molar-refractivity contribution >= 4 is 5.97 Å². The molecule has 0 fully saturated rings. The minimum atomic E-state index is -0.450. The highest BCUT2D eigenvalue weighted by atomic mass is 16.5. The Morgan fingerprint density at radius 3 is 2.75 bits per heavy atom. The third-order valence-electron chi connectivity index (χ3n) is 1.21. The number of esters is 1. The van der Waals surface area contributed by atoms with Crippen LogP contribution in [0.15, 0.2) is 12.2 Å². The standard InChI is InChI=1S/C9H15O3/c1-7(2)9(11)12-6-4-5-8(3)10/h5,8,10H,1,4,6H2,2-3H3. The van der Waals surface area contributed by atoms with Gasteiger partial charge in [-0.2, -0.15) is 0 Å². The number of hydrogen-bond acceptors (Lipinski definition) is 3. The molecule has 0 aromatic heterocycles. The summed E-state index contributed by atoms with van der Waals surface area (Å²) in [7, 11) is 0. The van der Waals surface area contributed by atoms with Gasteiger partial charge in [0.25, 0.3) is 0 Å². The quantitative estimate of drug-likeness (QED) is 0.382. The second-order valence-corrected chi connectivity index (χ2v) is 2.68. The van der Waals surface area contributed by atoms with Gasteiger partial charge in [-0.1, -0.05) is 6.58 Å². The normalized spacial score (nSPS) is 12.2. The molecule has 0 rings (SSSR count). The Morgan fingerprint density at radius 1 is 1.75 bits per heavy atom. The zero-order chi connectivity index (χ0) is 9.56. The zero-order valence-electron chi connectivity index (χ0n) is 7.54. The summed E-state index contributed by atoms with van der Waals surface area (Å²) in [5.41, 5.74) is 0.395. The van der Waals surface area contributed by atoms with Crippen LogP contribution in [0, 0.1) is 6.42 Å². The van der Waals surface area contributed by atoms with E-state index >= 15 is 0 Å². The Bertz CT molecular complexity index is 161. The highest BCUT2D eigenvalue weighted by Gasteiger charge is 2.02. The summed E-state index contributed by atoms with van der Waals surface area (Å²) in [4.78, 5) is 10.8. The molecule has 0 amide bonds. The van der Waals surface area contributed by atoms with Crippen molar-refractivity contribution in [2.45, 2.75) is 26.4 Å². The molecule has 69 valence electrons. The Hall–Kier alpha value is -0.830. The van der Waals surface area contributed by atoms with E-state index in [-0.39, 0.29) is 5.97 Å². The molecule has 0 aliphatic carbocycles. The van der Waals surface area contributed by atoms with Crippen LogP contribution >= 0.6 is 0 Å². The number of rotatable bonds is 5. The molecule has 0 saturated carbocycles. The number of aliphatic hydroxyl groups excluding tert-OH is 1. The van der Waals surface area contributed by atoms with Crippen LogP contribution in [-0.4, -0.2) is 23.8 Å². The highest BCUT2D eigenvalue weighted by molar-refractivity contribution is 5.86. The average molecular weight is 171 g/mol. The molecule has 1 radical (unpaired) electrons.